The van der Waals surface area contributed by atoms with Crippen LogP contribution in [0.1, 0.15) is 55.4 Å². The normalized spacial score (nSPS) is 12.2. The number of benzene rings is 3. The molecule has 0 aliphatic carbocycles. The van der Waals surface area contributed by atoms with Gasteiger partial charge < -0.3 is 9.30 Å². The van der Waals surface area contributed by atoms with E-state index in [1.807, 2.05) is 54.0 Å². The molecule has 0 radical (unpaired) electrons. The fraction of sp³-hybridized carbons (Fsp3) is 0.250. The van der Waals surface area contributed by atoms with Crippen LogP contribution in [0.4, 0.5) is 5.69 Å². The molecule has 6 nitrogen and oxygen atoms in total. The molecule has 3 aromatic carbocycles. The fourth-order valence-electron chi connectivity index (χ4n) is 3.98. The quantitative estimate of drug-likeness (QED) is 0.144. The Kier molecular flexibility index (Phi) is 8.92. The third kappa shape index (κ3) is 6.73. The fourth-order valence-corrected chi connectivity index (χ4v) is 5.89. The predicted octanol–water partition coefficient (Wildman–Crippen LogP) is 8.70. The van der Waals surface area contributed by atoms with Crippen molar-refractivity contribution in [3.63, 3.8) is 0 Å². The van der Waals surface area contributed by atoms with Crippen LogP contribution in [0.25, 0.3) is 0 Å². The zero-order valence-corrected chi connectivity index (χ0v) is 23.1. The van der Waals surface area contributed by atoms with Crippen molar-refractivity contribution in [1.29, 1.82) is 0 Å². The summed E-state index contributed by atoms with van der Waals surface area (Å²) in [6.07, 6.45) is -0.363. The van der Waals surface area contributed by atoms with Gasteiger partial charge in [-0.2, -0.15) is 0 Å². The second-order valence-electron chi connectivity index (χ2n) is 8.93. The van der Waals surface area contributed by atoms with E-state index in [0.717, 1.165) is 21.2 Å². The maximum Gasteiger partial charge on any atom is 0.274 e. The van der Waals surface area contributed by atoms with Gasteiger partial charge in [0.05, 0.1) is 23.8 Å². The second kappa shape index (κ2) is 12.1. The van der Waals surface area contributed by atoms with E-state index in [1.165, 1.54) is 17.8 Å². The summed E-state index contributed by atoms with van der Waals surface area (Å²) in [7, 11) is 0. The molecule has 0 spiro atoms. The summed E-state index contributed by atoms with van der Waals surface area (Å²) in [6.45, 7) is 6.79. The zero-order valence-electron chi connectivity index (χ0n) is 20.7. The molecule has 4 aromatic rings. The van der Waals surface area contributed by atoms with E-state index < -0.39 is 0 Å². The number of aromatic nitrogens is 2. The van der Waals surface area contributed by atoms with Crippen LogP contribution in [-0.4, -0.2) is 14.5 Å². The first-order valence-corrected chi connectivity index (χ1v) is 13.4. The van der Waals surface area contributed by atoms with E-state index in [0.29, 0.717) is 28.0 Å². The minimum absolute atomic E-state index is 0.0628. The van der Waals surface area contributed by atoms with Crippen molar-refractivity contribution in [2.24, 2.45) is 0 Å². The number of halogens is 2. The standard InChI is InChI=1S/C28H27Cl2N3O3S/c1-18(2)26-28(37-24-14-22(29)13-23(30)15-24)32(16-21-11-7-8-12-25(21)33(34)35)27(31-26)19(3)36-17-20-9-5-4-6-10-20/h4-15,18-19H,16-17H2,1-3H3. The number of para-hydroxylation sites is 1. The van der Waals surface area contributed by atoms with Gasteiger partial charge in [0.15, 0.2) is 0 Å². The molecular weight excluding hydrogens is 529 g/mol. The lowest BCUT2D eigenvalue weighted by Gasteiger charge is -2.18. The lowest BCUT2D eigenvalue weighted by atomic mass is 10.1. The highest BCUT2D eigenvalue weighted by atomic mass is 35.5. The highest BCUT2D eigenvalue weighted by molar-refractivity contribution is 7.99. The van der Waals surface area contributed by atoms with Crippen molar-refractivity contribution in [3.8, 4) is 0 Å². The summed E-state index contributed by atoms with van der Waals surface area (Å²) in [5, 5.41) is 13.7. The van der Waals surface area contributed by atoms with Gasteiger partial charge in [0, 0.05) is 26.6 Å². The smallest absolute Gasteiger partial charge is 0.274 e. The van der Waals surface area contributed by atoms with E-state index in [-0.39, 0.29) is 29.2 Å². The lowest BCUT2D eigenvalue weighted by Crippen LogP contribution is -2.12. The molecule has 192 valence electrons. The van der Waals surface area contributed by atoms with Gasteiger partial charge in [-0.1, -0.05) is 97.3 Å². The molecule has 0 N–H and O–H groups in total. The molecule has 0 bridgehead atoms. The molecule has 9 heteroatoms. The Morgan fingerprint density at radius 2 is 1.65 bits per heavy atom. The molecule has 0 aliphatic rings. The second-order valence-corrected chi connectivity index (χ2v) is 10.9. The summed E-state index contributed by atoms with van der Waals surface area (Å²) in [4.78, 5) is 17.3. The Morgan fingerprint density at radius 1 is 1.00 bits per heavy atom. The highest BCUT2D eigenvalue weighted by Gasteiger charge is 2.26. The Bertz CT molecular complexity index is 1370. The molecular formula is C28H27Cl2N3O3S. The summed E-state index contributed by atoms with van der Waals surface area (Å²) >= 11 is 14.1. The van der Waals surface area contributed by atoms with Crippen LogP contribution in [0.15, 0.2) is 82.7 Å². The number of ether oxygens (including phenoxy) is 1. The largest absolute Gasteiger partial charge is 0.366 e. The van der Waals surface area contributed by atoms with Crippen molar-refractivity contribution >= 4 is 40.7 Å². The molecule has 1 aromatic heterocycles. The van der Waals surface area contributed by atoms with E-state index in [9.17, 15) is 10.1 Å². The Morgan fingerprint density at radius 3 is 2.30 bits per heavy atom. The molecule has 37 heavy (non-hydrogen) atoms. The molecule has 0 aliphatic heterocycles. The van der Waals surface area contributed by atoms with Crippen LogP contribution >= 0.6 is 35.0 Å². The topological polar surface area (TPSA) is 70.2 Å². The molecule has 1 unspecified atom stereocenters. The average molecular weight is 557 g/mol. The molecule has 0 fully saturated rings. The summed E-state index contributed by atoms with van der Waals surface area (Å²) in [6, 6.07) is 22.1. The predicted molar refractivity (Wildman–Crippen MR) is 149 cm³/mol. The van der Waals surface area contributed by atoms with E-state index in [2.05, 4.69) is 13.8 Å². The van der Waals surface area contributed by atoms with Crippen LogP contribution in [0.5, 0.6) is 0 Å². The van der Waals surface area contributed by atoms with Crippen molar-refractivity contribution in [3.05, 3.63) is 116 Å². The van der Waals surface area contributed by atoms with Crippen molar-refractivity contribution in [2.45, 2.75) is 55.9 Å². The molecule has 1 atom stereocenters. The number of hydrogen-bond acceptors (Lipinski definition) is 5. The van der Waals surface area contributed by atoms with E-state index in [4.69, 9.17) is 32.9 Å². The van der Waals surface area contributed by atoms with Gasteiger partial charge in [-0.3, -0.25) is 10.1 Å². The molecule has 0 amide bonds. The highest BCUT2D eigenvalue weighted by Crippen LogP contribution is 2.39. The third-order valence-corrected chi connectivity index (χ3v) is 7.33. The van der Waals surface area contributed by atoms with Gasteiger partial charge in [-0.05, 0) is 36.6 Å². The summed E-state index contributed by atoms with van der Waals surface area (Å²) in [5.74, 6) is 0.803. The van der Waals surface area contributed by atoms with Crippen molar-refractivity contribution < 1.29 is 9.66 Å². The molecule has 4 rings (SSSR count). The van der Waals surface area contributed by atoms with Gasteiger partial charge >= 0.3 is 0 Å². The van der Waals surface area contributed by atoms with Crippen LogP contribution in [-0.2, 0) is 17.9 Å². The Labute approximate surface area is 230 Å². The van der Waals surface area contributed by atoms with Crippen LogP contribution in [0.3, 0.4) is 0 Å². The maximum atomic E-state index is 11.8. The SMILES string of the molecule is CC(C)c1nc(C(C)OCc2ccccc2)n(Cc2ccccc2[N+](=O)[O-])c1Sc1cc(Cl)cc(Cl)c1. The number of imidazole rings is 1. The number of rotatable bonds is 10. The van der Waals surface area contributed by atoms with Crippen molar-refractivity contribution in [1.82, 2.24) is 9.55 Å². The van der Waals surface area contributed by atoms with Gasteiger partial charge in [0.1, 0.15) is 17.0 Å². The van der Waals surface area contributed by atoms with Gasteiger partial charge in [-0.25, -0.2) is 4.98 Å². The number of nitro groups is 1. The maximum absolute atomic E-state index is 11.8. The lowest BCUT2D eigenvalue weighted by molar-refractivity contribution is -0.385. The molecule has 0 saturated heterocycles. The van der Waals surface area contributed by atoms with Crippen LogP contribution in [0.2, 0.25) is 10.0 Å². The number of nitrogens with zero attached hydrogens (tertiary/aromatic N) is 3. The number of hydrogen-bond donors (Lipinski definition) is 0. The van der Waals surface area contributed by atoms with E-state index in [1.54, 1.807) is 24.3 Å². The van der Waals surface area contributed by atoms with Gasteiger partial charge in [0.2, 0.25) is 0 Å². The number of nitro benzene ring substituents is 1. The first kappa shape index (κ1) is 27.2. The summed E-state index contributed by atoms with van der Waals surface area (Å²) in [5.41, 5.74) is 2.58. The Hall–Kier alpha value is -2.84. The van der Waals surface area contributed by atoms with Gasteiger partial charge in [0.25, 0.3) is 5.69 Å². The Balaban J connectivity index is 1.80. The molecule has 1 heterocycles. The van der Waals surface area contributed by atoms with E-state index >= 15 is 0 Å². The monoisotopic (exact) mass is 555 g/mol. The van der Waals surface area contributed by atoms with Gasteiger partial charge in [-0.15, -0.1) is 0 Å². The molecule has 0 saturated carbocycles. The average Bonchev–Trinajstić information content (AvgIpc) is 3.21. The van der Waals surface area contributed by atoms with Crippen molar-refractivity contribution in [2.75, 3.05) is 0 Å². The van der Waals surface area contributed by atoms with Crippen LogP contribution < -0.4 is 0 Å². The first-order valence-electron chi connectivity index (χ1n) is 11.8. The zero-order chi connectivity index (χ0) is 26.5. The summed E-state index contributed by atoms with van der Waals surface area (Å²) < 4.78 is 8.26. The minimum Gasteiger partial charge on any atom is -0.366 e. The third-order valence-electron chi connectivity index (χ3n) is 5.80. The van der Waals surface area contributed by atoms with Crippen LogP contribution in [0, 0.1) is 10.1 Å². The first-order chi connectivity index (χ1) is 17.7. The minimum atomic E-state index is -0.363.